The number of para-hydroxylation sites is 1. The Kier molecular flexibility index (Phi) is 6.64. The number of halogens is 2. The molecule has 0 spiro atoms. The van der Waals surface area contributed by atoms with E-state index in [9.17, 15) is 0 Å². The molecule has 0 bridgehead atoms. The van der Waals surface area contributed by atoms with Gasteiger partial charge in [0, 0.05) is 60.9 Å². The lowest BCUT2D eigenvalue weighted by molar-refractivity contribution is 0.0106. The molecule has 1 aromatic heterocycles. The lowest BCUT2D eigenvalue weighted by Gasteiger charge is -2.48. The minimum absolute atomic E-state index is 0. The Hall–Kier alpha value is -2.05. The van der Waals surface area contributed by atoms with Crippen LogP contribution in [0.5, 0.6) is 0 Å². The number of ether oxygens (including phenoxy) is 1. The molecule has 0 radical (unpaired) electrons. The average molecular weight is 445 g/mol. The van der Waals surface area contributed by atoms with Gasteiger partial charge < -0.3 is 15.0 Å². The highest BCUT2D eigenvalue weighted by molar-refractivity contribution is 6.30. The predicted octanol–water partition coefficient (Wildman–Crippen LogP) is 4.44. The molecule has 5 rings (SSSR count). The minimum atomic E-state index is 0. The topological polar surface area (TPSA) is 40.6 Å². The highest BCUT2D eigenvalue weighted by Gasteiger charge is 2.33. The summed E-state index contributed by atoms with van der Waals surface area (Å²) in [5, 5.41) is 5.45. The zero-order valence-electron chi connectivity index (χ0n) is 16.8. The molecule has 2 aliphatic heterocycles. The maximum atomic E-state index is 5.99. The Morgan fingerprint density at radius 2 is 1.77 bits per heavy atom. The van der Waals surface area contributed by atoms with Crippen LogP contribution in [-0.2, 0) is 11.3 Å². The van der Waals surface area contributed by atoms with Crippen molar-refractivity contribution in [3.05, 3.63) is 65.2 Å². The molecule has 2 aromatic carbocycles. The third-order valence-electron chi connectivity index (χ3n) is 5.85. The molecule has 7 heteroatoms. The van der Waals surface area contributed by atoms with E-state index in [2.05, 4.69) is 45.4 Å². The Morgan fingerprint density at radius 3 is 2.53 bits per heavy atom. The van der Waals surface area contributed by atoms with Crippen molar-refractivity contribution in [2.75, 3.05) is 49.6 Å². The summed E-state index contributed by atoms with van der Waals surface area (Å²) in [7, 11) is 0. The van der Waals surface area contributed by atoms with Crippen molar-refractivity contribution in [1.82, 2.24) is 9.88 Å². The van der Waals surface area contributed by atoms with Crippen LogP contribution in [0.4, 0.5) is 11.5 Å². The second-order valence-corrected chi connectivity index (χ2v) is 8.17. The second-order valence-electron chi connectivity index (χ2n) is 7.73. The van der Waals surface area contributed by atoms with Gasteiger partial charge in [0.05, 0.1) is 18.7 Å². The third kappa shape index (κ3) is 4.49. The van der Waals surface area contributed by atoms with E-state index in [1.165, 1.54) is 16.6 Å². The Morgan fingerprint density at radius 1 is 1.03 bits per heavy atom. The summed E-state index contributed by atoms with van der Waals surface area (Å²) >= 11 is 5.99. The molecular formula is C23H26Cl2N4O. The summed E-state index contributed by atoms with van der Waals surface area (Å²) in [6.45, 7) is 6.64. The van der Waals surface area contributed by atoms with Crippen molar-refractivity contribution < 1.29 is 4.74 Å². The highest BCUT2D eigenvalue weighted by atomic mass is 35.5. The quantitative estimate of drug-likeness (QED) is 0.629. The fraction of sp³-hybridized carbons (Fsp3) is 0.348. The first-order valence-corrected chi connectivity index (χ1v) is 10.6. The van der Waals surface area contributed by atoms with Crippen molar-refractivity contribution in [3.63, 3.8) is 0 Å². The largest absolute Gasteiger partial charge is 0.379 e. The number of fused-ring (bicyclic) bond motifs is 1. The molecule has 0 saturated carbocycles. The number of morpholine rings is 1. The van der Waals surface area contributed by atoms with Gasteiger partial charge in [0.15, 0.2) is 0 Å². The van der Waals surface area contributed by atoms with Gasteiger partial charge in [-0.2, -0.15) is 0 Å². The molecule has 2 aliphatic rings. The number of benzene rings is 2. The van der Waals surface area contributed by atoms with Gasteiger partial charge in [-0.1, -0.05) is 41.9 Å². The molecule has 2 saturated heterocycles. The second kappa shape index (κ2) is 9.40. The van der Waals surface area contributed by atoms with E-state index in [0.29, 0.717) is 6.04 Å². The van der Waals surface area contributed by atoms with E-state index >= 15 is 0 Å². The number of anilines is 2. The Labute approximate surface area is 188 Å². The first-order chi connectivity index (χ1) is 14.3. The normalized spacial score (nSPS) is 17.4. The van der Waals surface area contributed by atoms with Gasteiger partial charge in [-0.25, -0.2) is 4.98 Å². The molecule has 158 valence electrons. The van der Waals surface area contributed by atoms with Crippen LogP contribution in [0.25, 0.3) is 10.9 Å². The zero-order valence-corrected chi connectivity index (χ0v) is 18.3. The molecule has 0 atom stereocenters. The van der Waals surface area contributed by atoms with Crippen LogP contribution in [0.3, 0.4) is 0 Å². The number of rotatable bonds is 5. The fourth-order valence-electron chi connectivity index (χ4n) is 4.13. The summed E-state index contributed by atoms with van der Waals surface area (Å²) in [6.07, 6.45) is 0. The van der Waals surface area contributed by atoms with Crippen LogP contribution in [0.15, 0.2) is 54.6 Å². The number of nitrogens with one attached hydrogen (secondary N) is 1. The Bertz CT molecular complexity index is 986. The molecule has 2 fully saturated rings. The van der Waals surface area contributed by atoms with Gasteiger partial charge in [-0.15, -0.1) is 12.4 Å². The van der Waals surface area contributed by atoms with Crippen LogP contribution < -0.4 is 10.2 Å². The smallest absolute Gasteiger partial charge is 0.129 e. The van der Waals surface area contributed by atoms with Crippen LogP contribution >= 0.6 is 24.0 Å². The van der Waals surface area contributed by atoms with Crippen LogP contribution in [-0.4, -0.2) is 55.3 Å². The molecule has 30 heavy (non-hydrogen) atoms. The fourth-order valence-corrected chi connectivity index (χ4v) is 4.26. The number of nitrogens with zero attached hydrogens (tertiary/aromatic N) is 3. The lowest BCUT2D eigenvalue weighted by atomic mass is 10.0. The van der Waals surface area contributed by atoms with Crippen molar-refractivity contribution in [3.8, 4) is 0 Å². The van der Waals surface area contributed by atoms with E-state index in [1.807, 2.05) is 24.3 Å². The number of aromatic nitrogens is 1. The van der Waals surface area contributed by atoms with Crippen molar-refractivity contribution in [2.45, 2.75) is 12.6 Å². The molecule has 0 amide bonds. The summed E-state index contributed by atoms with van der Waals surface area (Å²) in [6, 6.07) is 19.1. The number of hydrogen-bond donors (Lipinski definition) is 1. The monoisotopic (exact) mass is 444 g/mol. The van der Waals surface area contributed by atoms with Crippen LogP contribution in [0.2, 0.25) is 5.02 Å². The van der Waals surface area contributed by atoms with Crippen LogP contribution in [0, 0.1) is 0 Å². The van der Waals surface area contributed by atoms with E-state index in [1.54, 1.807) is 0 Å². The Balaban J connectivity index is 0.00000218. The van der Waals surface area contributed by atoms with Crippen molar-refractivity contribution >= 4 is 46.4 Å². The van der Waals surface area contributed by atoms with Gasteiger partial charge >= 0.3 is 0 Å². The summed E-state index contributed by atoms with van der Waals surface area (Å²) in [5.41, 5.74) is 3.47. The summed E-state index contributed by atoms with van der Waals surface area (Å²) < 4.78 is 5.49. The van der Waals surface area contributed by atoms with Gasteiger partial charge in [0.25, 0.3) is 0 Å². The van der Waals surface area contributed by atoms with Gasteiger partial charge in [-0.3, -0.25) is 4.90 Å². The van der Waals surface area contributed by atoms with Gasteiger partial charge in [-0.05, 0) is 23.8 Å². The first-order valence-electron chi connectivity index (χ1n) is 10.2. The van der Waals surface area contributed by atoms with Crippen molar-refractivity contribution in [1.29, 1.82) is 0 Å². The molecule has 3 heterocycles. The van der Waals surface area contributed by atoms with E-state index in [4.69, 9.17) is 21.3 Å². The average Bonchev–Trinajstić information content (AvgIpc) is 2.73. The van der Waals surface area contributed by atoms with E-state index < -0.39 is 0 Å². The van der Waals surface area contributed by atoms with Gasteiger partial charge in [0.2, 0.25) is 0 Å². The minimum Gasteiger partial charge on any atom is -0.379 e. The zero-order chi connectivity index (χ0) is 19.6. The molecule has 3 aromatic rings. The number of pyridine rings is 1. The maximum Gasteiger partial charge on any atom is 0.129 e. The van der Waals surface area contributed by atoms with E-state index in [-0.39, 0.29) is 12.4 Å². The molecule has 0 aliphatic carbocycles. The lowest BCUT2D eigenvalue weighted by Crippen LogP contribution is -2.61. The van der Waals surface area contributed by atoms with Crippen molar-refractivity contribution in [2.24, 2.45) is 0 Å². The molecule has 1 N–H and O–H groups in total. The van der Waals surface area contributed by atoms with Gasteiger partial charge in [0.1, 0.15) is 5.82 Å². The molecular weight excluding hydrogens is 419 g/mol. The molecule has 5 nitrogen and oxygen atoms in total. The summed E-state index contributed by atoms with van der Waals surface area (Å²) in [4.78, 5) is 9.86. The maximum absolute atomic E-state index is 5.99. The third-order valence-corrected chi connectivity index (χ3v) is 6.10. The summed E-state index contributed by atoms with van der Waals surface area (Å²) in [5.74, 6) is 0.906. The highest BCUT2D eigenvalue weighted by Crippen LogP contribution is 2.33. The standard InChI is InChI=1S/C23H25ClN4O.ClH/c24-18-7-5-17(6-8-18)14-25-23-13-22(20-3-1-2-4-21(20)26-23)28-15-19(16-28)27-9-11-29-12-10-27;/h1-8,13,19H,9-12,14-16H2,(H,25,26);1H. The van der Waals surface area contributed by atoms with Crippen LogP contribution in [0.1, 0.15) is 5.56 Å². The van der Waals surface area contributed by atoms with E-state index in [0.717, 1.165) is 62.3 Å². The first kappa shape index (κ1) is 21.2. The SMILES string of the molecule is Cl.Clc1ccc(CNc2cc(N3CC(N4CCOCC4)C3)c3ccccc3n2)cc1. The predicted molar refractivity (Wildman–Crippen MR) is 126 cm³/mol. The molecule has 0 unspecified atom stereocenters. The number of hydrogen-bond acceptors (Lipinski definition) is 5.